The first kappa shape index (κ1) is 22.0. The van der Waals surface area contributed by atoms with E-state index in [-0.39, 0.29) is 23.8 Å². The Balaban J connectivity index is 1.51. The molecular formula is C20H30N6O4S. The quantitative estimate of drug-likeness (QED) is 0.195. The van der Waals surface area contributed by atoms with E-state index in [0.29, 0.717) is 36.0 Å². The Labute approximate surface area is 185 Å². The molecule has 0 bridgehead atoms. The van der Waals surface area contributed by atoms with Crippen molar-refractivity contribution >= 4 is 28.2 Å². The Bertz CT molecular complexity index is 851. The van der Waals surface area contributed by atoms with Gasteiger partial charge in [-0.2, -0.15) is 0 Å². The molecule has 0 aromatic carbocycles. The summed E-state index contributed by atoms with van der Waals surface area (Å²) < 4.78 is 0. The fraction of sp³-hybridized carbons (Fsp3) is 0.700. The van der Waals surface area contributed by atoms with E-state index in [2.05, 4.69) is 26.7 Å². The van der Waals surface area contributed by atoms with Gasteiger partial charge in [0.15, 0.2) is 11.3 Å². The molecule has 10 nitrogen and oxygen atoms in total. The standard InChI is InChI=1S/C20H30N6O4S/c1-2-21-20(25-26(29)30)23-13-7-8-15-14(9-13)16(18(28)22-10-11-3-4-11)19(31-15)24-17(27)12-5-6-12/h11-13,20-21,23,25H,2-10H2,1H3,(H,22,28)(H,24,27)/t13-,20?/m1/s1. The van der Waals surface area contributed by atoms with Crippen LogP contribution in [0.5, 0.6) is 0 Å². The molecule has 170 valence electrons. The molecule has 2 fully saturated rings. The van der Waals surface area contributed by atoms with Crippen molar-refractivity contribution in [2.45, 2.75) is 64.2 Å². The minimum absolute atomic E-state index is 0.00749. The summed E-state index contributed by atoms with van der Waals surface area (Å²) in [4.78, 5) is 37.5. The van der Waals surface area contributed by atoms with Crippen LogP contribution >= 0.6 is 11.3 Å². The molecule has 2 atom stereocenters. The average molecular weight is 451 g/mol. The van der Waals surface area contributed by atoms with Crippen molar-refractivity contribution in [3.05, 3.63) is 26.1 Å². The monoisotopic (exact) mass is 450 g/mol. The second-order valence-corrected chi connectivity index (χ2v) is 9.71. The number of nitrogens with zero attached hydrogens (tertiary/aromatic N) is 1. The van der Waals surface area contributed by atoms with Crippen LogP contribution in [-0.2, 0) is 17.6 Å². The van der Waals surface area contributed by atoms with E-state index in [0.717, 1.165) is 49.0 Å². The van der Waals surface area contributed by atoms with Gasteiger partial charge in [-0.25, -0.2) is 10.1 Å². The average Bonchev–Trinajstić information content (AvgIpc) is 3.62. The fourth-order valence-corrected chi connectivity index (χ4v) is 5.19. The third-order valence-corrected chi connectivity index (χ3v) is 7.17. The number of hydrogen-bond donors (Lipinski definition) is 5. The van der Waals surface area contributed by atoms with Crippen LogP contribution in [0.15, 0.2) is 0 Å². The van der Waals surface area contributed by atoms with Gasteiger partial charge in [-0.05, 0) is 63.0 Å². The van der Waals surface area contributed by atoms with Gasteiger partial charge in [-0.15, -0.1) is 16.8 Å². The molecule has 5 N–H and O–H groups in total. The van der Waals surface area contributed by atoms with E-state index in [9.17, 15) is 19.7 Å². The van der Waals surface area contributed by atoms with E-state index in [1.54, 1.807) is 0 Å². The van der Waals surface area contributed by atoms with Gasteiger partial charge >= 0.3 is 0 Å². The molecule has 0 saturated heterocycles. The van der Waals surface area contributed by atoms with E-state index in [1.165, 1.54) is 11.3 Å². The zero-order valence-corrected chi connectivity index (χ0v) is 18.5. The largest absolute Gasteiger partial charge is 0.352 e. The van der Waals surface area contributed by atoms with Crippen LogP contribution in [0.3, 0.4) is 0 Å². The molecule has 1 aromatic rings. The molecule has 0 spiro atoms. The third kappa shape index (κ3) is 5.72. The van der Waals surface area contributed by atoms with Crippen LogP contribution in [-0.4, -0.2) is 42.3 Å². The highest BCUT2D eigenvalue weighted by molar-refractivity contribution is 7.17. The van der Waals surface area contributed by atoms with Crippen LogP contribution in [0.1, 0.15) is 59.8 Å². The minimum atomic E-state index is -0.661. The van der Waals surface area contributed by atoms with E-state index < -0.39 is 11.3 Å². The SMILES string of the molecule is CCNC(N[C@@H]1CCc2sc(NC(=O)C3CC3)c(C(=O)NCC3CC3)c2C1)N[N+](=O)[O-]. The molecule has 3 aliphatic rings. The van der Waals surface area contributed by atoms with Crippen LogP contribution in [0.25, 0.3) is 0 Å². The Morgan fingerprint density at radius 3 is 2.65 bits per heavy atom. The molecule has 31 heavy (non-hydrogen) atoms. The number of hydrogen-bond acceptors (Lipinski definition) is 7. The summed E-state index contributed by atoms with van der Waals surface area (Å²) in [6.07, 6.45) is 5.58. The van der Waals surface area contributed by atoms with Crippen LogP contribution in [0, 0.1) is 22.0 Å². The van der Waals surface area contributed by atoms with Crippen molar-refractivity contribution in [1.29, 1.82) is 0 Å². The molecule has 0 aliphatic heterocycles. The molecular weight excluding hydrogens is 420 g/mol. The zero-order chi connectivity index (χ0) is 22.0. The van der Waals surface area contributed by atoms with Crippen molar-refractivity contribution in [3.8, 4) is 0 Å². The number of aryl methyl sites for hydroxylation is 1. The van der Waals surface area contributed by atoms with Crippen molar-refractivity contribution in [1.82, 2.24) is 21.4 Å². The van der Waals surface area contributed by atoms with Crippen molar-refractivity contribution in [3.63, 3.8) is 0 Å². The van der Waals surface area contributed by atoms with E-state index in [1.807, 2.05) is 6.92 Å². The summed E-state index contributed by atoms with van der Waals surface area (Å²) in [6, 6.07) is -0.0273. The molecule has 11 heteroatoms. The number of anilines is 1. The number of carbonyl (C=O) groups excluding carboxylic acids is 2. The van der Waals surface area contributed by atoms with Gasteiger partial charge in [0.1, 0.15) is 5.00 Å². The molecule has 3 aliphatic carbocycles. The maximum Gasteiger partial charge on any atom is 0.254 e. The molecule has 2 saturated carbocycles. The van der Waals surface area contributed by atoms with Gasteiger partial charge in [-0.1, -0.05) is 6.92 Å². The number of nitro groups is 1. The maximum atomic E-state index is 13.1. The van der Waals surface area contributed by atoms with Gasteiger partial charge in [0.2, 0.25) is 5.91 Å². The lowest BCUT2D eigenvalue weighted by Gasteiger charge is -2.27. The molecule has 0 radical (unpaired) electrons. The number of rotatable bonds is 11. The topological polar surface area (TPSA) is 137 Å². The van der Waals surface area contributed by atoms with Gasteiger partial charge in [0, 0.05) is 23.4 Å². The molecule has 4 rings (SSSR count). The summed E-state index contributed by atoms with van der Waals surface area (Å²) in [5.74, 6) is 0.478. The van der Waals surface area contributed by atoms with Gasteiger partial charge < -0.3 is 10.6 Å². The Hall–Kier alpha value is -2.24. The minimum Gasteiger partial charge on any atom is -0.352 e. The highest BCUT2D eigenvalue weighted by Gasteiger charge is 2.34. The van der Waals surface area contributed by atoms with Gasteiger partial charge in [0.05, 0.1) is 5.56 Å². The smallest absolute Gasteiger partial charge is 0.254 e. The molecule has 1 heterocycles. The van der Waals surface area contributed by atoms with Crippen molar-refractivity contribution in [2.24, 2.45) is 11.8 Å². The molecule has 1 unspecified atom stereocenters. The predicted molar refractivity (Wildman–Crippen MR) is 117 cm³/mol. The number of fused-ring (bicyclic) bond motifs is 1. The summed E-state index contributed by atoms with van der Waals surface area (Å²) in [6.45, 7) is 3.11. The van der Waals surface area contributed by atoms with Crippen molar-refractivity contribution < 1.29 is 14.6 Å². The first-order valence-electron chi connectivity index (χ1n) is 11.1. The molecule has 2 amide bonds. The lowest BCUT2D eigenvalue weighted by Crippen LogP contribution is -2.58. The van der Waals surface area contributed by atoms with Crippen LogP contribution in [0.2, 0.25) is 0 Å². The zero-order valence-electron chi connectivity index (χ0n) is 17.7. The van der Waals surface area contributed by atoms with Crippen LogP contribution < -0.4 is 26.7 Å². The predicted octanol–water partition coefficient (Wildman–Crippen LogP) is 1.36. The fourth-order valence-electron chi connectivity index (χ4n) is 3.95. The summed E-state index contributed by atoms with van der Waals surface area (Å²) in [5.41, 5.74) is 3.77. The Kier molecular flexibility index (Phi) is 6.73. The highest BCUT2D eigenvalue weighted by atomic mass is 32.1. The lowest BCUT2D eigenvalue weighted by molar-refractivity contribution is -0.553. The van der Waals surface area contributed by atoms with E-state index in [4.69, 9.17) is 0 Å². The first-order chi connectivity index (χ1) is 14.9. The number of hydrazine groups is 1. The normalized spacial score (nSPS) is 21.1. The third-order valence-electron chi connectivity index (χ3n) is 5.97. The van der Waals surface area contributed by atoms with Gasteiger partial charge in [0.25, 0.3) is 5.91 Å². The lowest BCUT2D eigenvalue weighted by atomic mass is 9.91. The number of amides is 2. The maximum absolute atomic E-state index is 13.1. The number of thiophene rings is 1. The summed E-state index contributed by atoms with van der Waals surface area (Å²) >= 11 is 1.50. The first-order valence-corrected chi connectivity index (χ1v) is 11.9. The van der Waals surface area contributed by atoms with Crippen LogP contribution in [0.4, 0.5) is 5.00 Å². The second kappa shape index (κ2) is 9.49. The summed E-state index contributed by atoms with van der Waals surface area (Å²) in [5, 5.41) is 23.3. The second-order valence-electron chi connectivity index (χ2n) is 8.61. The highest BCUT2D eigenvalue weighted by Crippen LogP contribution is 2.40. The Morgan fingerprint density at radius 2 is 2.00 bits per heavy atom. The summed E-state index contributed by atoms with van der Waals surface area (Å²) in [7, 11) is 0. The number of nitrogens with one attached hydrogen (secondary N) is 5. The number of carbonyl (C=O) groups is 2. The van der Waals surface area contributed by atoms with Crippen molar-refractivity contribution in [2.75, 3.05) is 18.4 Å². The molecule has 1 aromatic heterocycles. The van der Waals surface area contributed by atoms with E-state index >= 15 is 0 Å². The van der Waals surface area contributed by atoms with Gasteiger partial charge in [-0.3, -0.25) is 20.2 Å². The Morgan fingerprint density at radius 1 is 1.23 bits per heavy atom.